The summed E-state index contributed by atoms with van der Waals surface area (Å²) >= 11 is 5.66. The van der Waals surface area contributed by atoms with Gasteiger partial charge in [0, 0.05) is 6.20 Å². The largest absolute Gasteiger partial charge is 0.359 e. The van der Waals surface area contributed by atoms with Crippen LogP contribution in [0.15, 0.2) is 30.7 Å². The molecule has 0 unspecified atom stereocenters. The van der Waals surface area contributed by atoms with Crippen molar-refractivity contribution >= 4 is 23.1 Å². The second-order valence-corrected chi connectivity index (χ2v) is 3.65. The zero-order valence-corrected chi connectivity index (χ0v) is 9.83. The van der Waals surface area contributed by atoms with Gasteiger partial charge in [-0.3, -0.25) is 15.1 Å². The summed E-state index contributed by atoms with van der Waals surface area (Å²) in [5.41, 5.74) is 0.400. The first-order chi connectivity index (χ1) is 8.68. The number of nitro groups is 1. The Morgan fingerprint density at radius 1 is 1.33 bits per heavy atom. The minimum atomic E-state index is -0.622. The maximum Gasteiger partial charge on any atom is 0.348 e. The zero-order valence-electron chi connectivity index (χ0n) is 9.08. The van der Waals surface area contributed by atoms with Crippen LogP contribution in [0.3, 0.4) is 0 Å². The maximum atomic E-state index is 10.8. The summed E-state index contributed by atoms with van der Waals surface area (Å²) in [6.45, 7) is 0.315. The molecule has 0 aromatic carbocycles. The normalized spacial score (nSPS) is 10.1. The van der Waals surface area contributed by atoms with E-state index >= 15 is 0 Å². The molecule has 0 fully saturated rings. The molecule has 0 amide bonds. The monoisotopic (exact) mass is 265 g/mol. The number of pyridine rings is 1. The molecule has 2 rings (SSSR count). The highest BCUT2D eigenvalue weighted by Crippen LogP contribution is 2.28. The van der Waals surface area contributed by atoms with E-state index in [-0.39, 0.29) is 16.7 Å². The summed E-state index contributed by atoms with van der Waals surface area (Å²) in [5, 5.41) is 13.5. The highest BCUT2D eigenvalue weighted by atomic mass is 35.5. The summed E-state index contributed by atoms with van der Waals surface area (Å²) in [6, 6.07) is 5.40. The molecule has 2 aromatic heterocycles. The number of hydrogen-bond donors (Lipinski definition) is 1. The number of aromatic nitrogens is 3. The summed E-state index contributed by atoms with van der Waals surface area (Å²) in [5.74, 6) is 0.0747. The highest BCUT2D eigenvalue weighted by Gasteiger charge is 2.21. The summed E-state index contributed by atoms with van der Waals surface area (Å²) in [6.07, 6.45) is 2.80. The lowest BCUT2D eigenvalue weighted by atomic mass is 10.3. The Morgan fingerprint density at radius 3 is 2.83 bits per heavy atom. The van der Waals surface area contributed by atoms with Crippen molar-refractivity contribution in [3.63, 3.8) is 0 Å². The molecule has 2 aromatic rings. The zero-order chi connectivity index (χ0) is 13.0. The third-order valence-corrected chi connectivity index (χ3v) is 2.40. The molecule has 0 aliphatic rings. The fourth-order valence-electron chi connectivity index (χ4n) is 1.33. The van der Waals surface area contributed by atoms with Crippen molar-refractivity contribution < 1.29 is 4.92 Å². The van der Waals surface area contributed by atoms with Gasteiger partial charge in [0.2, 0.25) is 11.0 Å². The second kappa shape index (κ2) is 5.37. The van der Waals surface area contributed by atoms with E-state index in [1.165, 1.54) is 0 Å². The van der Waals surface area contributed by atoms with Crippen molar-refractivity contribution in [2.45, 2.75) is 6.54 Å². The average Bonchev–Trinajstić information content (AvgIpc) is 2.37. The minimum absolute atomic E-state index is 0.0747. The number of anilines is 1. The third kappa shape index (κ3) is 2.69. The number of halogens is 1. The molecular formula is C10H8ClN5O2. The first-order valence-electron chi connectivity index (χ1n) is 4.97. The highest BCUT2D eigenvalue weighted by molar-refractivity contribution is 6.31. The van der Waals surface area contributed by atoms with Crippen molar-refractivity contribution in [2.24, 2.45) is 0 Å². The van der Waals surface area contributed by atoms with E-state index in [1.807, 2.05) is 6.07 Å². The summed E-state index contributed by atoms with van der Waals surface area (Å²) in [7, 11) is 0. The molecule has 92 valence electrons. The summed E-state index contributed by atoms with van der Waals surface area (Å²) in [4.78, 5) is 21.7. The van der Waals surface area contributed by atoms with Crippen LogP contribution >= 0.6 is 11.6 Å². The predicted molar refractivity (Wildman–Crippen MR) is 65.3 cm³/mol. The van der Waals surface area contributed by atoms with Crippen LogP contribution in [-0.4, -0.2) is 19.9 Å². The number of nitrogens with zero attached hydrogens (tertiary/aromatic N) is 4. The molecule has 0 atom stereocenters. The topological polar surface area (TPSA) is 93.8 Å². The molecule has 8 heteroatoms. The van der Waals surface area contributed by atoms with Crippen LogP contribution < -0.4 is 5.32 Å². The Morgan fingerprint density at radius 2 is 2.17 bits per heavy atom. The third-order valence-electron chi connectivity index (χ3n) is 2.12. The quantitative estimate of drug-likeness (QED) is 0.516. The maximum absolute atomic E-state index is 10.8. The molecule has 0 saturated carbocycles. The van der Waals surface area contributed by atoms with Gasteiger partial charge in [0.15, 0.2) is 0 Å². The van der Waals surface area contributed by atoms with Crippen LogP contribution in [0.4, 0.5) is 11.5 Å². The molecule has 2 heterocycles. The number of rotatable bonds is 4. The molecule has 0 radical (unpaired) electrons. The van der Waals surface area contributed by atoms with Gasteiger partial charge in [-0.25, -0.2) is 9.97 Å². The van der Waals surface area contributed by atoms with E-state index in [4.69, 9.17) is 11.6 Å². The Bertz CT molecular complexity index is 563. The van der Waals surface area contributed by atoms with Crippen LogP contribution in [0.2, 0.25) is 5.15 Å². The van der Waals surface area contributed by atoms with E-state index in [1.54, 1.807) is 18.3 Å². The predicted octanol–water partition coefficient (Wildman–Crippen LogP) is 2.05. The van der Waals surface area contributed by atoms with Gasteiger partial charge < -0.3 is 5.32 Å². The van der Waals surface area contributed by atoms with E-state index in [9.17, 15) is 10.1 Å². The molecule has 0 aliphatic heterocycles. The Labute approximate surface area is 107 Å². The van der Waals surface area contributed by atoms with E-state index in [0.717, 1.165) is 12.0 Å². The smallest absolute Gasteiger partial charge is 0.348 e. The first-order valence-corrected chi connectivity index (χ1v) is 5.35. The lowest BCUT2D eigenvalue weighted by molar-refractivity contribution is -0.384. The first kappa shape index (κ1) is 12.2. The Balaban J connectivity index is 2.20. The molecule has 1 N–H and O–H groups in total. The fraction of sp³-hybridized carbons (Fsp3) is 0.100. The van der Waals surface area contributed by atoms with Gasteiger partial charge in [-0.2, -0.15) is 0 Å². The van der Waals surface area contributed by atoms with Crippen molar-refractivity contribution in [1.82, 2.24) is 15.0 Å². The second-order valence-electron chi connectivity index (χ2n) is 3.29. The van der Waals surface area contributed by atoms with Crippen LogP contribution in [0.1, 0.15) is 5.69 Å². The van der Waals surface area contributed by atoms with Gasteiger partial charge in [0.1, 0.15) is 6.33 Å². The molecule has 0 bridgehead atoms. The molecule has 18 heavy (non-hydrogen) atoms. The van der Waals surface area contributed by atoms with Crippen LogP contribution in [0.5, 0.6) is 0 Å². The van der Waals surface area contributed by atoms with Gasteiger partial charge in [-0.1, -0.05) is 17.7 Å². The summed E-state index contributed by atoms with van der Waals surface area (Å²) < 4.78 is 0. The van der Waals surface area contributed by atoms with Crippen molar-refractivity contribution in [3.8, 4) is 0 Å². The average molecular weight is 266 g/mol. The number of hydrogen-bond acceptors (Lipinski definition) is 6. The lowest BCUT2D eigenvalue weighted by Gasteiger charge is -2.05. The van der Waals surface area contributed by atoms with E-state index in [0.29, 0.717) is 6.54 Å². The van der Waals surface area contributed by atoms with Gasteiger partial charge >= 0.3 is 5.69 Å². The van der Waals surface area contributed by atoms with Gasteiger partial charge in [0.05, 0.1) is 17.2 Å². The Kier molecular flexibility index (Phi) is 3.63. The van der Waals surface area contributed by atoms with E-state index in [2.05, 4.69) is 20.3 Å². The molecule has 0 aliphatic carbocycles. The van der Waals surface area contributed by atoms with Crippen molar-refractivity contribution in [2.75, 3.05) is 5.32 Å². The SMILES string of the molecule is O=[N+]([O-])c1c(Cl)ncnc1NCc1ccccn1. The van der Waals surface area contributed by atoms with Crippen LogP contribution in [0.25, 0.3) is 0 Å². The number of nitrogens with one attached hydrogen (secondary N) is 1. The van der Waals surface area contributed by atoms with Gasteiger partial charge in [0.25, 0.3) is 0 Å². The molecule has 7 nitrogen and oxygen atoms in total. The van der Waals surface area contributed by atoms with Gasteiger partial charge in [-0.15, -0.1) is 0 Å². The molecule has 0 spiro atoms. The lowest BCUT2D eigenvalue weighted by Crippen LogP contribution is -2.06. The minimum Gasteiger partial charge on any atom is -0.359 e. The van der Waals surface area contributed by atoms with Gasteiger partial charge in [-0.05, 0) is 12.1 Å². The van der Waals surface area contributed by atoms with Crippen LogP contribution in [-0.2, 0) is 6.54 Å². The molecule has 0 saturated heterocycles. The fourth-order valence-corrected chi connectivity index (χ4v) is 1.53. The van der Waals surface area contributed by atoms with Crippen molar-refractivity contribution in [3.05, 3.63) is 51.7 Å². The van der Waals surface area contributed by atoms with Crippen molar-refractivity contribution in [1.29, 1.82) is 0 Å². The molecular weight excluding hydrogens is 258 g/mol. The Hall–Kier alpha value is -2.28. The standard InChI is InChI=1S/C10H8ClN5O2/c11-9-8(16(17)18)10(15-6-14-9)13-5-7-3-1-2-4-12-7/h1-4,6H,5H2,(H,13,14,15). The van der Waals surface area contributed by atoms with Crippen LogP contribution in [0, 0.1) is 10.1 Å². The van der Waals surface area contributed by atoms with E-state index < -0.39 is 4.92 Å².